The van der Waals surface area contributed by atoms with Crippen LogP contribution in [0.3, 0.4) is 0 Å². The molecule has 116 valence electrons. The van der Waals surface area contributed by atoms with Crippen molar-refractivity contribution in [3.05, 3.63) is 34.9 Å². The molecule has 0 amide bonds. The zero-order valence-electron chi connectivity index (χ0n) is 13.4. The quantitative estimate of drug-likeness (QED) is 0.753. The lowest BCUT2D eigenvalue weighted by Gasteiger charge is -2.50. The summed E-state index contributed by atoms with van der Waals surface area (Å²) in [4.78, 5) is 17.1. The van der Waals surface area contributed by atoms with E-state index in [1.54, 1.807) is 12.1 Å². The number of halogens is 1. The summed E-state index contributed by atoms with van der Waals surface area (Å²) in [6.07, 6.45) is 3.70. The molecule has 4 heteroatoms. The van der Waals surface area contributed by atoms with Crippen molar-refractivity contribution in [3.63, 3.8) is 0 Å². The zero-order valence-corrected chi connectivity index (χ0v) is 14.2. The van der Waals surface area contributed by atoms with Crippen LogP contribution in [-0.2, 0) is 0 Å². The summed E-state index contributed by atoms with van der Waals surface area (Å²) in [5.74, 6) is 0.133. The molecule has 1 unspecified atom stereocenters. The van der Waals surface area contributed by atoms with E-state index in [-0.39, 0.29) is 17.4 Å². The number of Topliss-reactive ketones (excluding diaryl/α,β-unsaturated/α-hetero) is 1. The summed E-state index contributed by atoms with van der Waals surface area (Å²) >= 11 is 5.98. The molecule has 1 fully saturated rings. The van der Waals surface area contributed by atoms with Crippen LogP contribution < -0.4 is 0 Å². The Labute approximate surface area is 132 Å². The highest BCUT2D eigenvalue weighted by molar-refractivity contribution is 6.31. The normalized spacial score (nSPS) is 18.6. The molecule has 0 bridgehead atoms. The largest absolute Gasteiger partial charge is 0.302 e. The molecule has 21 heavy (non-hydrogen) atoms. The van der Waals surface area contributed by atoms with Gasteiger partial charge in [0.1, 0.15) is 0 Å². The minimum absolute atomic E-state index is 0.133. The monoisotopic (exact) mass is 308 g/mol. The van der Waals surface area contributed by atoms with Crippen LogP contribution >= 0.6 is 11.6 Å². The smallest absolute Gasteiger partial charge is 0.179 e. The molecule has 2 rings (SSSR count). The van der Waals surface area contributed by atoms with Crippen molar-refractivity contribution in [1.29, 1.82) is 0 Å². The van der Waals surface area contributed by atoms with E-state index in [9.17, 15) is 4.79 Å². The number of carbonyl (C=O) groups is 1. The first kappa shape index (κ1) is 16.5. The molecule has 0 aromatic heterocycles. The number of nitrogens with zero attached hydrogens (tertiary/aromatic N) is 2. The van der Waals surface area contributed by atoms with Crippen molar-refractivity contribution in [2.45, 2.75) is 37.8 Å². The topological polar surface area (TPSA) is 23.6 Å². The van der Waals surface area contributed by atoms with E-state index in [4.69, 9.17) is 11.6 Å². The van der Waals surface area contributed by atoms with E-state index in [1.165, 1.54) is 19.3 Å². The summed E-state index contributed by atoms with van der Waals surface area (Å²) in [6.45, 7) is 2.90. The van der Waals surface area contributed by atoms with Crippen LogP contribution in [0.25, 0.3) is 0 Å². The Morgan fingerprint density at radius 3 is 2.48 bits per heavy atom. The van der Waals surface area contributed by atoms with Crippen LogP contribution in [0.4, 0.5) is 0 Å². The van der Waals surface area contributed by atoms with Gasteiger partial charge in [-0.15, -0.1) is 0 Å². The number of likely N-dealkylation sites (N-methyl/N-ethyl adjacent to an activating group) is 2. The van der Waals surface area contributed by atoms with Crippen molar-refractivity contribution < 1.29 is 4.79 Å². The van der Waals surface area contributed by atoms with Crippen LogP contribution in [0.1, 0.15) is 36.5 Å². The van der Waals surface area contributed by atoms with Crippen molar-refractivity contribution >= 4 is 17.4 Å². The van der Waals surface area contributed by atoms with Gasteiger partial charge in [-0.05, 0) is 59.5 Å². The Morgan fingerprint density at radius 2 is 2.00 bits per heavy atom. The molecule has 0 radical (unpaired) electrons. The Morgan fingerprint density at radius 1 is 1.33 bits per heavy atom. The van der Waals surface area contributed by atoms with Crippen molar-refractivity contribution in [3.8, 4) is 0 Å². The summed E-state index contributed by atoms with van der Waals surface area (Å²) in [5.41, 5.74) is 0.923. The maximum absolute atomic E-state index is 12.6. The van der Waals surface area contributed by atoms with Crippen LogP contribution in [0.15, 0.2) is 24.3 Å². The maximum Gasteiger partial charge on any atom is 0.179 e. The third-order valence-corrected chi connectivity index (χ3v) is 5.16. The number of hydrogen-bond donors (Lipinski definition) is 0. The molecule has 1 atom stereocenters. The second-order valence-electron chi connectivity index (χ2n) is 6.44. The van der Waals surface area contributed by atoms with Gasteiger partial charge < -0.3 is 4.90 Å². The molecule has 1 aliphatic carbocycles. The predicted molar refractivity (Wildman–Crippen MR) is 88.1 cm³/mol. The second-order valence-corrected chi connectivity index (χ2v) is 6.87. The number of rotatable bonds is 6. The Kier molecular flexibility index (Phi) is 5.07. The van der Waals surface area contributed by atoms with Crippen molar-refractivity contribution in [2.24, 2.45) is 0 Å². The highest BCUT2D eigenvalue weighted by Gasteiger charge is 2.41. The van der Waals surface area contributed by atoms with E-state index in [0.29, 0.717) is 10.6 Å². The lowest BCUT2D eigenvalue weighted by molar-refractivity contribution is 0.0187. The molecule has 3 nitrogen and oxygen atoms in total. The third-order valence-electron chi connectivity index (χ3n) is 4.93. The standard InChI is InChI=1S/C17H25ClN2O/c1-13(16(21)14-7-5-8-15(18)11-14)20(4)12-17(19(2)3)9-6-10-17/h5,7-8,11,13H,6,9-10,12H2,1-4H3. The van der Waals surface area contributed by atoms with Crippen LogP contribution in [-0.4, -0.2) is 54.9 Å². The van der Waals surface area contributed by atoms with E-state index in [0.717, 1.165) is 6.54 Å². The molecule has 0 saturated heterocycles. The Hall–Kier alpha value is -0.900. The molecule has 1 aliphatic rings. The van der Waals surface area contributed by atoms with Crippen molar-refractivity contribution in [1.82, 2.24) is 9.80 Å². The number of hydrogen-bond acceptors (Lipinski definition) is 3. The van der Waals surface area contributed by atoms with Gasteiger partial charge in [0.25, 0.3) is 0 Å². The first-order valence-electron chi connectivity index (χ1n) is 7.53. The van der Waals surface area contributed by atoms with E-state index in [1.807, 2.05) is 26.1 Å². The highest BCUT2D eigenvalue weighted by Crippen LogP contribution is 2.37. The zero-order chi connectivity index (χ0) is 15.6. The average molecular weight is 309 g/mol. The lowest BCUT2D eigenvalue weighted by atomic mass is 9.75. The SMILES string of the molecule is CC(C(=O)c1cccc(Cl)c1)N(C)CC1(N(C)C)CCC1. The van der Waals surface area contributed by atoms with Crippen LogP contribution in [0.5, 0.6) is 0 Å². The fourth-order valence-electron chi connectivity index (χ4n) is 3.02. The Bertz CT molecular complexity index is 511. The van der Waals surface area contributed by atoms with Gasteiger partial charge in [-0.3, -0.25) is 9.69 Å². The summed E-state index contributed by atoms with van der Waals surface area (Å²) in [5, 5.41) is 0.611. The number of benzene rings is 1. The molecule has 1 aromatic rings. The van der Waals surface area contributed by atoms with Gasteiger partial charge in [-0.1, -0.05) is 23.7 Å². The van der Waals surface area contributed by atoms with Gasteiger partial charge in [0.2, 0.25) is 0 Å². The third kappa shape index (κ3) is 3.47. The minimum Gasteiger partial charge on any atom is -0.302 e. The minimum atomic E-state index is -0.138. The molecule has 0 spiro atoms. The van der Waals surface area contributed by atoms with E-state index < -0.39 is 0 Å². The average Bonchev–Trinajstić information content (AvgIpc) is 2.40. The van der Waals surface area contributed by atoms with Gasteiger partial charge in [0.15, 0.2) is 5.78 Å². The van der Waals surface area contributed by atoms with Crippen LogP contribution in [0.2, 0.25) is 5.02 Å². The fourth-order valence-corrected chi connectivity index (χ4v) is 3.21. The lowest BCUT2D eigenvalue weighted by Crippen LogP contribution is -2.58. The van der Waals surface area contributed by atoms with E-state index >= 15 is 0 Å². The predicted octanol–water partition coefficient (Wildman–Crippen LogP) is 3.33. The van der Waals surface area contributed by atoms with Crippen LogP contribution in [0, 0.1) is 0 Å². The van der Waals surface area contributed by atoms with Gasteiger partial charge in [0, 0.05) is 22.7 Å². The molecular weight excluding hydrogens is 284 g/mol. The summed E-state index contributed by atoms with van der Waals surface area (Å²) in [6, 6.07) is 7.07. The van der Waals surface area contributed by atoms with Gasteiger partial charge in [-0.25, -0.2) is 0 Å². The van der Waals surface area contributed by atoms with Crippen molar-refractivity contribution in [2.75, 3.05) is 27.7 Å². The number of carbonyl (C=O) groups excluding carboxylic acids is 1. The highest BCUT2D eigenvalue weighted by atomic mass is 35.5. The van der Waals surface area contributed by atoms with E-state index in [2.05, 4.69) is 23.9 Å². The van der Waals surface area contributed by atoms with Gasteiger partial charge in [0.05, 0.1) is 6.04 Å². The molecule has 0 N–H and O–H groups in total. The second kappa shape index (κ2) is 6.47. The van der Waals surface area contributed by atoms with Gasteiger partial charge in [-0.2, -0.15) is 0 Å². The molecule has 0 aliphatic heterocycles. The summed E-state index contributed by atoms with van der Waals surface area (Å²) in [7, 11) is 6.31. The fraction of sp³-hybridized carbons (Fsp3) is 0.588. The molecule has 1 saturated carbocycles. The Balaban J connectivity index is 2.05. The maximum atomic E-state index is 12.6. The number of ketones is 1. The molecule has 0 heterocycles. The first-order valence-corrected chi connectivity index (χ1v) is 7.91. The van der Waals surface area contributed by atoms with Gasteiger partial charge >= 0.3 is 0 Å². The summed E-state index contributed by atoms with van der Waals surface area (Å²) < 4.78 is 0. The molecular formula is C17H25ClN2O. The first-order chi connectivity index (χ1) is 9.85. The molecule has 1 aromatic carbocycles.